The molecule has 182 valence electrons. The van der Waals surface area contributed by atoms with Gasteiger partial charge < -0.3 is 15.4 Å². The van der Waals surface area contributed by atoms with Crippen LogP contribution in [-0.2, 0) is 6.61 Å². The van der Waals surface area contributed by atoms with Crippen molar-refractivity contribution >= 4 is 58.5 Å². The molecule has 0 aliphatic carbocycles. The van der Waals surface area contributed by atoms with E-state index in [4.69, 9.17) is 27.9 Å². The van der Waals surface area contributed by atoms with E-state index in [0.717, 1.165) is 0 Å². The number of amides is 4. The molecule has 0 saturated carbocycles. The Hall–Kier alpha value is -4.41. The minimum atomic E-state index is -0.584. The standard InChI is InChI=1S/C24H19Cl2N7O3/c25-15-11-12-19(18(26)13-15)36-14-20-29-21(32-23(34)27-16-7-3-1-4-8-16)31-22(30-20)33-24(35)28-17-9-5-2-6-10-17/h1-13H,14H2,(H4,27,28,29,30,31,32,33,34,35). The van der Waals surface area contributed by atoms with Gasteiger partial charge in [0.25, 0.3) is 0 Å². The van der Waals surface area contributed by atoms with Crippen molar-refractivity contribution < 1.29 is 14.3 Å². The number of halogens is 2. The zero-order valence-electron chi connectivity index (χ0n) is 18.5. The van der Waals surface area contributed by atoms with E-state index in [1.807, 2.05) is 12.1 Å². The zero-order valence-corrected chi connectivity index (χ0v) is 20.0. The summed E-state index contributed by atoms with van der Waals surface area (Å²) in [5.74, 6) is 0.277. The molecule has 4 rings (SSSR count). The van der Waals surface area contributed by atoms with Gasteiger partial charge in [-0.15, -0.1) is 0 Å². The molecule has 0 fully saturated rings. The lowest BCUT2D eigenvalue weighted by atomic mass is 10.3. The van der Waals surface area contributed by atoms with Gasteiger partial charge in [0.1, 0.15) is 12.4 Å². The number of carbonyl (C=O) groups is 2. The van der Waals surface area contributed by atoms with Gasteiger partial charge in [0.15, 0.2) is 5.82 Å². The molecular weight excluding hydrogens is 505 g/mol. The van der Waals surface area contributed by atoms with E-state index in [0.29, 0.717) is 27.2 Å². The Morgan fingerprint density at radius 2 is 1.22 bits per heavy atom. The van der Waals surface area contributed by atoms with E-state index in [-0.39, 0.29) is 24.3 Å². The van der Waals surface area contributed by atoms with E-state index in [2.05, 4.69) is 36.2 Å². The molecular formula is C24H19Cl2N7O3. The van der Waals surface area contributed by atoms with Crippen molar-refractivity contribution in [3.05, 3.63) is 94.7 Å². The van der Waals surface area contributed by atoms with E-state index in [9.17, 15) is 9.59 Å². The highest BCUT2D eigenvalue weighted by Gasteiger charge is 2.14. The van der Waals surface area contributed by atoms with Crippen molar-refractivity contribution in [3.63, 3.8) is 0 Å². The van der Waals surface area contributed by atoms with Gasteiger partial charge in [-0.05, 0) is 42.5 Å². The molecule has 3 aromatic carbocycles. The third-order valence-corrected chi connectivity index (χ3v) is 4.98. The number of para-hydroxylation sites is 2. The van der Waals surface area contributed by atoms with Crippen LogP contribution >= 0.6 is 23.2 Å². The Balaban J connectivity index is 1.51. The summed E-state index contributed by atoms with van der Waals surface area (Å²) in [6.45, 7) is -0.131. The molecule has 4 aromatic rings. The molecule has 0 aliphatic rings. The highest BCUT2D eigenvalue weighted by molar-refractivity contribution is 6.35. The number of urea groups is 2. The maximum atomic E-state index is 12.4. The lowest BCUT2D eigenvalue weighted by molar-refractivity contribution is 0.261. The Morgan fingerprint density at radius 3 is 1.72 bits per heavy atom. The molecule has 1 heterocycles. The van der Waals surface area contributed by atoms with Crippen LogP contribution in [0.3, 0.4) is 0 Å². The second-order valence-electron chi connectivity index (χ2n) is 7.15. The van der Waals surface area contributed by atoms with Gasteiger partial charge in [-0.2, -0.15) is 15.0 Å². The lowest BCUT2D eigenvalue weighted by Crippen LogP contribution is -2.24. The van der Waals surface area contributed by atoms with Gasteiger partial charge in [-0.25, -0.2) is 9.59 Å². The first kappa shape index (κ1) is 24.7. The van der Waals surface area contributed by atoms with Gasteiger partial charge in [0.2, 0.25) is 11.9 Å². The van der Waals surface area contributed by atoms with Crippen LogP contribution in [0, 0.1) is 0 Å². The van der Waals surface area contributed by atoms with E-state index >= 15 is 0 Å². The molecule has 0 spiro atoms. The summed E-state index contributed by atoms with van der Waals surface area (Å²) < 4.78 is 5.69. The average Bonchev–Trinajstić information content (AvgIpc) is 2.84. The molecule has 0 bridgehead atoms. The molecule has 0 saturated heterocycles. The molecule has 4 N–H and O–H groups in total. The Kier molecular flexibility index (Phi) is 8.12. The number of hydrogen-bond donors (Lipinski definition) is 4. The minimum Gasteiger partial charge on any atom is -0.484 e. The predicted octanol–water partition coefficient (Wildman–Crippen LogP) is 6.05. The van der Waals surface area contributed by atoms with Gasteiger partial charge in [-0.1, -0.05) is 59.6 Å². The molecule has 36 heavy (non-hydrogen) atoms. The van der Waals surface area contributed by atoms with Crippen molar-refractivity contribution in [2.75, 3.05) is 21.3 Å². The number of hydrogen-bond acceptors (Lipinski definition) is 6. The van der Waals surface area contributed by atoms with Crippen molar-refractivity contribution in [2.24, 2.45) is 0 Å². The molecule has 12 heteroatoms. The van der Waals surface area contributed by atoms with Crippen LogP contribution in [0.15, 0.2) is 78.9 Å². The summed E-state index contributed by atoms with van der Waals surface area (Å²) in [7, 11) is 0. The fraction of sp³-hybridized carbons (Fsp3) is 0.0417. The highest BCUT2D eigenvalue weighted by atomic mass is 35.5. The van der Waals surface area contributed by atoms with Gasteiger partial charge >= 0.3 is 12.1 Å². The van der Waals surface area contributed by atoms with Crippen LogP contribution in [0.25, 0.3) is 0 Å². The fourth-order valence-corrected chi connectivity index (χ4v) is 3.36. The lowest BCUT2D eigenvalue weighted by Gasteiger charge is -2.12. The number of nitrogens with zero attached hydrogens (tertiary/aromatic N) is 3. The molecule has 0 aliphatic heterocycles. The Morgan fingerprint density at radius 1 is 0.694 bits per heavy atom. The normalized spacial score (nSPS) is 10.3. The van der Waals surface area contributed by atoms with E-state index in [1.165, 1.54) is 6.07 Å². The Bertz CT molecular complexity index is 1280. The van der Waals surface area contributed by atoms with Crippen LogP contribution in [0.1, 0.15) is 5.82 Å². The number of anilines is 4. The number of carbonyl (C=O) groups excluding carboxylic acids is 2. The van der Waals surface area contributed by atoms with Crippen molar-refractivity contribution in [1.82, 2.24) is 15.0 Å². The zero-order chi connectivity index (χ0) is 25.3. The summed E-state index contributed by atoms with van der Waals surface area (Å²) in [4.78, 5) is 37.4. The third-order valence-electron chi connectivity index (χ3n) is 4.45. The van der Waals surface area contributed by atoms with Crippen LogP contribution in [0.4, 0.5) is 32.9 Å². The van der Waals surface area contributed by atoms with E-state index in [1.54, 1.807) is 60.7 Å². The SMILES string of the molecule is O=C(Nc1ccccc1)Nc1nc(COc2ccc(Cl)cc2Cl)nc(NC(=O)Nc2ccccc2)n1. The molecule has 10 nitrogen and oxygen atoms in total. The number of rotatable bonds is 7. The first-order valence-corrected chi connectivity index (χ1v) is 11.3. The van der Waals surface area contributed by atoms with Crippen LogP contribution in [0.5, 0.6) is 5.75 Å². The molecule has 0 unspecified atom stereocenters. The maximum absolute atomic E-state index is 12.4. The monoisotopic (exact) mass is 523 g/mol. The second kappa shape index (κ2) is 11.8. The van der Waals surface area contributed by atoms with E-state index < -0.39 is 12.1 Å². The van der Waals surface area contributed by atoms with Crippen LogP contribution in [-0.4, -0.2) is 27.0 Å². The van der Waals surface area contributed by atoms with Crippen LogP contribution < -0.4 is 26.0 Å². The summed E-state index contributed by atoms with van der Waals surface area (Å²) in [6, 6.07) is 21.3. The largest absolute Gasteiger partial charge is 0.484 e. The number of benzene rings is 3. The molecule has 1 aromatic heterocycles. The quantitative estimate of drug-likeness (QED) is 0.233. The van der Waals surface area contributed by atoms with Crippen molar-refractivity contribution in [2.45, 2.75) is 6.61 Å². The third kappa shape index (κ3) is 7.29. The number of nitrogens with one attached hydrogen (secondary N) is 4. The number of ether oxygens (including phenoxy) is 1. The maximum Gasteiger partial charge on any atom is 0.326 e. The second-order valence-corrected chi connectivity index (χ2v) is 8.00. The fourth-order valence-electron chi connectivity index (χ4n) is 2.90. The molecule has 0 atom stereocenters. The number of aromatic nitrogens is 3. The minimum absolute atomic E-state index is 0.103. The Labute approximate surface area is 216 Å². The van der Waals surface area contributed by atoms with Gasteiger partial charge in [-0.3, -0.25) is 10.6 Å². The van der Waals surface area contributed by atoms with Crippen molar-refractivity contribution in [1.29, 1.82) is 0 Å². The molecule has 0 radical (unpaired) electrons. The predicted molar refractivity (Wildman–Crippen MR) is 139 cm³/mol. The first-order valence-electron chi connectivity index (χ1n) is 10.5. The average molecular weight is 524 g/mol. The van der Waals surface area contributed by atoms with Gasteiger partial charge in [0, 0.05) is 16.4 Å². The summed E-state index contributed by atoms with van der Waals surface area (Å²) >= 11 is 12.1. The highest BCUT2D eigenvalue weighted by Crippen LogP contribution is 2.28. The summed E-state index contributed by atoms with van der Waals surface area (Å²) in [5, 5.41) is 11.1. The first-order chi connectivity index (χ1) is 17.4. The van der Waals surface area contributed by atoms with Crippen LogP contribution in [0.2, 0.25) is 10.0 Å². The summed E-state index contributed by atoms with van der Waals surface area (Å²) in [6.07, 6.45) is 0. The topological polar surface area (TPSA) is 130 Å². The van der Waals surface area contributed by atoms with Crippen molar-refractivity contribution in [3.8, 4) is 5.75 Å². The molecule has 4 amide bonds. The smallest absolute Gasteiger partial charge is 0.326 e. The van der Waals surface area contributed by atoms with Gasteiger partial charge in [0.05, 0.1) is 5.02 Å². The summed E-state index contributed by atoms with van der Waals surface area (Å²) in [5.41, 5.74) is 1.15.